The number of aromatic nitrogens is 2. The van der Waals surface area contributed by atoms with Crippen LogP contribution >= 0.6 is 0 Å². The fraction of sp³-hybridized carbons (Fsp3) is 0.385. The molecule has 0 unspecified atom stereocenters. The third-order valence-corrected chi connectivity index (χ3v) is 2.71. The quantitative estimate of drug-likeness (QED) is 0.848. The first-order valence-electron chi connectivity index (χ1n) is 6.17. The first-order valence-corrected chi connectivity index (χ1v) is 6.17. The van der Waals surface area contributed by atoms with Gasteiger partial charge in [-0.2, -0.15) is 4.98 Å². The number of hydrogen-bond acceptors (Lipinski definition) is 5. The van der Waals surface area contributed by atoms with Crippen LogP contribution < -0.4 is 10.2 Å². The predicted molar refractivity (Wildman–Crippen MR) is 71.6 cm³/mol. The molecule has 0 spiro atoms. The summed E-state index contributed by atoms with van der Waals surface area (Å²) in [4.78, 5) is 10.9. The first kappa shape index (κ1) is 12.4. The molecule has 0 atom stereocenters. The molecular formula is C13H18N4O. The van der Waals surface area contributed by atoms with Crippen LogP contribution in [0.4, 0.5) is 11.8 Å². The summed E-state index contributed by atoms with van der Waals surface area (Å²) in [6, 6.07) is 5.66. The highest BCUT2D eigenvalue weighted by Crippen LogP contribution is 2.11. The Morgan fingerprint density at radius 3 is 2.78 bits per heavy atom. The Morgan fingerprint density at radius 1 is 1.28 bits per heavy atom. The number of furan rings is 1. The molecular weight excluding hydrogens is 228 g/mol. The van der Waals surface area contributed by atoms with Gasteiger partial charge < -0.3 is 14.6 Å². The lowest BCUT2D eigenvalue weighted by Gasteiger charge is -2.18. The Hall–Kier alpha value is -2.04. The van der Waals surface area contributed by atoms with Crippen molar-refractivity contribution in [2.24, 2.45) is 0 Å². The highest BCUT2D eigenvalue weighted by molar-refractivity contribution is 5.41. The lowest BCUT2D eigenvalue weighted by Crippen LogP contribution is -2.24. The molecule has 5 nitrogen and oxygen atoms in total. The van der Waals surface area contributed by atoms with Crippen molar-refractivity contribution in [3.05, 3.63) is 36.4 Å². The smallest absolute Gasteiger partial charge is 0.227 e. The summed E-state index contributed by atoms with van der Waals surface area (Å²) in [6.45, 7) is 6.61. The lowest BCUT2D eigenvalue weighted by molar-refractivity contribution is 0.518. The topological polar surface area (TPSA) is 54.2 Å². The van der Waals surface area contributed by atoms with Crippen LogP contribution in [0.5, 0.6) is 0 Å². The first-order chi connectivity index (χ1) is 8.83. The highest BCUT2D eigenvalue weighted by atomic mass is 16.3. The number of nitrogens with zero attached hydrogens (tertiary/aromatic N) is 3. The standard InChI is InChI=1S/C13H18N4O/c1-3-17(4-2)13-14-8-7-12(16-13)15-10-11-6-5-9-18-11/h5-9H,3-4,10H2,1-2H3,(H,14,15,16). The molecule has 0 saturated carbocycles. The molecule has 18 heavy (non-hydrogen) atoms. The molecule has 1 N–H and O–H groups in total. The minimum absolute atomic E-state index is 0.627. The van der Waals surface area contributed by atoms with Crippen molar-refractivity contribution in [1.29, 1.82) is 0 Å². The zero-order valence-electron chi connectivity index (χ0n) is 10.8. The molecule has 2 rings (SSSR count). The van der Waals surface area contributed by atoms with Gasteiger partial charge in [0.1, 0.15) is 11.6 Å². The maximum Gasteiger partial charge on any atom is 0.227 e. The van der Waals surface area contributed by atoms with Crippen LogP contribution in [-0.4, -0.2) is 23.1 Å². The van der Waals surface area contributed by atoms with E-state index in [9.17, 15) is 0 Å². The van der Waals surface area contributed by atoms with Crippen molar-refractivity contribution in [3.8, 4) is 0 Å². The van der Waals surface area contributed by atoms with Crippen molar-refractivity contribution in [2.45, 2.75) is 20.4 Å². The van der Waals surface area contributed by atoms with E-state index < -0.39 is 0 Å². The van der Waals surface area contributed by atoms with Crippen LogP contribution in [0.2, 0.25) is 0 Å². The molecule has 2 aromatic heterocycles. The summed E-state index contributed by atoms with van der Waals surface area (Å²) in [5.41, 5.74) is 0. The van der Waals surface area contributed by atoms with Gasteiger partial charge in [0.15, 0.2) is 0 Å². The second kappa shape index (κ2) is 6.05. The van der Waals surface area contributed by atoms with E-state index in [0.29, 0.717) is 6.54 Å². The molecule has 5 heteroatoms. The van der Waals surface area contributed by atoms with Crippen LogP contribution in [0.15, 0.2) is 35.1 Å². The zero-order valence-corrected chi connectivity index (χ0v) is 10.8. The summed E-state index contributed by atoms with van der Waals surface area (Å²) in [5, 5.41) is 3.22. The average molecular weight is 246 g/mol. The second-order valence-corrected chi connectivity index (χ2v) is 3.85. The fourth-order valence-electron chi connectivity index (χ4n) is 1.70. The molecule has 0 bridgehead atoms. The molecule has 0 amide bonds. The summed E-state index contributed by atoms with van der Waals surface area (Å²) < 4.78 is 5.26. The van der Waals surface area contributed by atoms with Gasteiger partial charge in [-0.3, -0.25) is 0 Å². The normalized spacial score (nSPS) is 10.3. The number of hydrogen-bond donors (Lipinski definition) is 1. The molecule has 0 radical (unpaired) electrons. The summed E-state index contributed by atoms with van der Waals surface area (Å²) >= 11 is 0. The van der Waals surface area contributed by atoms with E-state index in [0.717, 1.165) is 30.6 Å². The molecule has 2 aromatic rings. The molecule has 0 aliphatic carbocycles. The van der Waals surface area contributed by atoms with Crippen molar-refractivity contribution < 1.29 is 4.42 Å². The van der Waals surface area contributed by atoms with Gasteiger partial charge >= 0.3 is 0 Å². The van der Waals surface area contributed by atoms with Gasteiger partial charge in [-0.05, 0) is 32.0 Å². The van der Waals surface area contributed by atoms with E-state index >= 15 is 0 Å². The average Bonchev–Trinajstić information content (AvgIpc) is 2.92. The third kappa shape index (κ3) is 3.00. The van der Waals surface area contributed by atoms with E-state index in [1.165, 1.54) is 0 Å². The summed E-state index contributed by atoms with van der Waals surface area (Å²) in [5.74, 6) is 2.45. The van der Waals surface area contributed by atoms with E-state index in [4.69, 9.17) is 4.42 Å². The molecule has 0 aliphatic rings. The highest BCUT2D eigenvalue weighted by Gasteiger charge is 2.05. The van der Waals surface area contributed by atoms with Crippen LogP contribution in [0.1, 0.15) is 19.6 Å². The predicted octanol–water partition coefficient (Wildman–Crippen LogP) is 2.53. The molecule has 96 valence electrons. The maximum absolute atomic E-state index is 5.26. The van der Waals surface area contributed by atoms with E-state index in [-0.39, 0.29) is 0 Å². The summed E-state index contributed by atoms with van der Waals surface area (Å²) in [6.07, 6.45) is 3.43. The Labute approximate surface area is 107 Å². The molecule has 0 saturated heterocycles. The third-order valence-electron chi connectivity index (χ3n) is 2.71. The number of nitrogens with one attached hydrogen (secondary N) is 1. The Morgan fingerprint density at radius 2 is 2.11 bits per heavy atom. The minimum atomic E-state index is 0.627. The monoisotopic (exact) mass is 246 g/mol. The van der Waals surface area contributed by atoms with E-state index in [1.807, 2.05) is 18.2 Å². The van der Waals surface area contributed by atoms with Gasteiger partial charge in [0, 0.05) is 19.3 Å². The Kier molecular flexibility index (Phi) is 4.17. The SMILES string of the molecule is CCN(CC)c1nccc(NCc2ccco2)n1. The van der Waals surface area contributed by atoms with Gasteiger partial charge in [0.05, 0.1) is 12.8 Å². The maximum atomic E-state index is 5.26. The number of rotatable bonds is 6. The zero-order chi connectivity index (χ0) is 12.8. The van der Waals surface area contributed by atoms with Crippen molar-refractivity contribution in [2.75, 3.05) is 23.3 Å². The largest absolute Gasteiger partial charge is 0.467 e. The van der Waals surface area contributed by atoms with Crippen LogP contribution in [-0.2, 0) is 6.54 Å². The van der Waals surface area contributed by atoms with Gasteiger partial charge in [0.2, 0.25) is 5.95 Å². The Balaban J connectivity index is 2.02. The van der Waals surface area contributed by atoms with Crippen molar-refractivity contribution in [3.63, 3.8) is 0 Å². The molecule has 2 heterocycles. The summed E-state index contributed by atoms with van der Waals surface area (Å²) in [7, 11) is 0. The van der Waals surface area contributed by atoms with Crippen LogP contribution in [0.3, 0.4) is 0 Å². The van der Waals surface area contributed by atoms with E-state index in [2.05, 4.69) is 34.0 Å². The minimum Gasteiger partial charge on any atom is -0.467 e. The van der Waals surface area contributed by atoms with Gasteiger partial charge in [-0.1, -0.05) is 0 Å². The van der Waals surface area contributed by atoms with Crippen molar-refractivity contribution >= 4 is 11.8 Å². The lowest BCUT2D eigenvalue weighted by atomic mass is 10.4. The molecule has 0 aromatic carbocycles. The van der Waals surface area contributed by atoms with E-state index in [1.54, 1.807) is 12.5 Å². The van der Waals surface area contributed by atoms with Crippen molar-refractivity contribution in [1.82, 2.24) is 9.97 Å². The molecule has 0 fully saturated rings. The fourth-order valence-corrected chi connectivity index (χ4v) is 1.70. The molecule has 0 aliphatic heterocycles. The Bertz CT molecular complexity index is 466. The second-order valence-electron chi connectivity index (χ2n) is 3.85. The van der Waals surface area contributed by atoms with Gasteiger partial charge in [-0.25, -0.2) is 4.98 Å². The van der Waals surface area contributed by atoms with Crippen LogP contribution in [0.25, 0.3) is 0 Å². The van der Waals surface area contributed by atoms with Gasteiger partial charge in [0.25, 0.3) is 0 Å². The number of anilines is 2. The van der Waals surface area contributed by atoms with Gasteiger partial charge in [-0.15, -0.1) is 0 Å². The van der Waals surface area contributed by atoms with Crippen LogP contribution in [0, 0.1) is 0 Å².